The first kappa shape index (κ1) is 16.6. The highest BCUT2D eigenvalue weighted by Crippen LogP contribution is 2.30. The summed E-state index contributed by atoms with van der Waals surface area (Å²) in [4.78, 5) is 12.0. The van der Waals surface area contributed by atoms with E-state index in [0.29, 0.717) is 16.5 Å². The van der Waals surface area contributed by atoms with Crippen molar-refractivity contribution in [3.63, 3.8) is 0 Å². The molecule has 0 radical (unpaired) electrons. The minimum Gasteiger partial charge on any atom is -0.368 e. The topological polar surface area (TPSA) is 69.1 Å². The highest BCUT2D eigenvalue weighted by molar-refractivity contribution is 7.99. The monoisotopic (exact) mass is 320 g/mol. The van der Waals surface area contributed by atoms with E-state index in [9.17, 15) is 4.79 Å². The lowest BCUT2D eigenvalue weighted by Gasteiger charge is -2.19. The number of carbonyl (C=O) groups is 1. The molecule has 6 heteroatoms. The maximum absolute atomic E-state index is 11.0. The fourth-order valence-electron chi connectivity index (χ4n) is 1.49. The fraction of sp³-hybridized carbons (Fsp3) is 0.462. The lowest BCUT2D eigenvalue weighted by molar-refractivity contribution is -0.122. The molecule has 0 spiro atoms. The second-order valence-electron chi connectivity index (χ2n) is 4.66. The molecule has 1 rings (SSSR count). The van der Waals surface area contributed by atoms with E-state index in [0.717, 1.165) is 23.5 Å². The average molecular weight is 321 g/mol. The van der Waals surface area contributed by atoms with Crippen LogP contribution >= 0.6 is 35.0 Å². The molecule has 0 aromatic heterocycles. The molecule has 1 aromatic rings. The van der Waals surface area contributed by atoms with Crippen LogP contribution in [-0.2, 0) is 4.79 Å². The molecule has 1 atom stereocenters. The van der Waals surface area contributed by atoms with Crippen molar-refractivity contribution in [2.24, 2.45) is 11.5 Å². The third-order valence-corrected chi connectivity index (χ3v) is 4.62. The van der Waals surface area contributed by atoms with Crippen LogP contribution in [0.4, 0.5) is 0 Å². The summed E-state index contributed by atoms with van der Waals surface area (Å²) in [5.74, 6) is 0.438. The molecular weight excluding hydrogens is 303 g/mol. The molecule has 0 bridgehead atoms. The molecular formula is C13H18Cl2N2OS. The van der Waals surface area contributed by atoms with Crippen LogP contribution < -0.4 is 11.5 Å². The molecule has 19 heavy (non-hydrogen) atoms. The van der Waals surface area contributed by atoms with Crippen molar-refractivity contribution in [3.8, 4) is 0 Å². The number of benzene rings is 1. The standard InChI is InChI=1S/C13H18Cl2N2OS/c1-13(17,12(16)18)6-2-3-7-19-11-8-9(14)4-5-10(11)15/h4-5,8H,2-3,6-7,17H2,1H3,(H2,16,18). The Hall–Kier alpha value is -0.420. The predicted octanol–water partition coefficient (Wildman–Crippen LogP) is 3.46. The summed E-state index contributed by atoms with van der Waals surface area (Å²) < 4.78 is 0. The number of hydrogen-bond acceptors (Lipinski definition) is 3. The molecule has 106 valence electrons. The molecule has 1 aromatic carbocycles. The maximum Gasteiger partial charge on any atom is 0.237 e. The zero-order valence-electron chi connectivity index (χ0n) is 10.8. The molecule has 0 aliphatic carbocycles. The molecule has 0 heterocycles. The van der Waals surface area contributed by atoms with Gasteiger partial charge in [-0.15, -0.1) is 11.8 Å². The molecule has 0 aliphatic heterocycles. The molecule has 0 aliphatic rings. The minimum absolute atomic E-state index is 0.460. The second-order valence-corrected chi connectivity index (χ2v) is 6.64. The van der Waals surface area contributed by atoms with Crippen LogP contribution in [0.15, 0.2) is 23.1 Å². The van der Waals surface area contributed by atoms with E-state index in [1.165, 1.54) is 0 Å². The number of hydrogen-bond donors (Lipinski definition) is 2. The highest BCUT2D eigenvalue weighted by atomic mass is 35.5. The summed E-state index contributed by atoms with van der Waals surface area (Å²) in [6.45, 7) is 1.66. The Balaban J connectivity index is 2.32. The van der Waals surface area contributed by atoms with E-state index >= 15 is 0 Å². The van der Waals surface area contributed by atoms with Gasteiger partial charge in [0.1, 0.15) is 0 Å². The van der Waals surface area contributed by atoms with E-state index in [1.807, 2.05) is 6.07 Å². The van der Waals surface area contributed by atoms with Crippen LogP contribution in [0.5, 0.6) is 0 Å². The highest BCUT2D eigenvalue weighted by Gasteiger charge is 2.24. The van der Waals surface area contributed by atoms with E-state index in [4.69, 9.17) is 34.7 Å². The lowest BCUT2D eigenvalue weighted by Crippen LogP contribution is -2.49. The van der Waals surface area contributed by atoms with Crippen LogP contribution in [0.3, 0.4) is 0 Å². The van der Waals surface area contributed by atoms with E-state index in [-0.39, 0.29) is 0 Å². The summed E-state index contributed by atoms with van der Waals surface area (Å²) in [6.07, 6.45) is 2.38. The van der Waals surface area contributed by atoms with Gasteiger partial charge in [0.05, 0.1) is 10.6 Å². The van der Waals surface area contributed by atoms with E-state index in [2.05, 4.69) is 0 Å². The first-order chi connectivity index (χ1) is 8.83. The molecule has 4 N–H and O–H groups in total. The Morgan fingerprint density at radius 3 is 2.68 bits per heavy atom. The maximum atomic E-state index is 11.0. The fourth-order valence-corrected chi connectivity index (χ4v) is 2.99. The number of unbranched alkanes of at least 4 members (excludes halogenated alkanes) is 1. The molecule has 0 saturated carbocycles. The number of rotatable bonds is 7. The van der Waals surface area contributed by atoms with Gasteiger partial charge in [0.25, 0.3) is 0 Å². The minimum atomic E-state index is -0.918. The van der Waals surface area contributed by atoms with Crippen molar-refractivity contribution >= 4 is 40.9 Å². The first-order valence-electron chi connectivity index (χ1n) is 5.99. The normalized spacial score (nSPS) is 14.1. The van der Waals surface area contributed by atoms with Gasteiger partial charge in [0, 0.05) is 9.92 Å². The van der Waals surface area contributed by atoms with Crippen molar-refractivity contribution in [2.45, 2.75) is 36.6 Å². The smallest absolute Gasteiger partial charge is 0.237 e. The molecule has 0 saturated heterocycles. The Bertz CT molecular complexity index is 452. The number of nitrogens with two attached hydrogens (primary N) is 2. The molecule has 1 unspecified atom stereocenters. The lowest BCUT2D eigenvalue weighted by atomic mass is 9.96. The van der Waals surface area contributed by atoms with Crippen molar-refractivity contribution < 1.29 is 4.79 Å². The third-order valence-electron chi connectivity index (χ3n) is 2.80. The van der Waals surface area contributed by atoms with Crippen LogP contribution in [0.1, 0.15) is 26.2 Å². The van der Waals surface area contributed by atoms with Crippen molar-refractivity contribution in [1.29, 1.82) is 0 Å². The van der Waals surface area contributed by atoms with E-state index in [1.54, 1.807) is 30.8 Å². The average Bonchev–Trinajstić information content (AvgIpc) is 2.32. The van der Waals surface area contributed by atoms with Crippen molar-refractivity contribution in [3.05, 3.63) is 28.2 Å². The SMILES string of the molecule is CC(N)(CCCCSc1cc(Cl)ccc1Cl)C(N)=O. The third kappa shape index (κ3) is 5.61. The molecule has 1 amide bonds. The van der Waals surface area contributed by atoms with Crippen LogP contribution in [0.25, 0.3) is 0 Å². The summed E-state index contributed by atoms with van der Waals surface area (Å²) in [6, 6.07) is 5.40. The number of halogens is 2. The summed E-state index contributed by atoms with van der Waals surface area (Å²) in [5.41, 5.74) is 10.1. The summed E-state index contributed by atoms with van der Waals surface area (Å²) >= 11 is 13.6. The Morgan fingerprint density at radius 2 is 2.05 bits per heavy atom. The number of carbonyl (C=O) groups excluding carboxylic acids is 1. The predicted molar refractivity (Wildman–Crippen MR) is 82.8 cm³/mol. The van der Waals surface area contributed by atoms with Crippen molar-refractivity contribution in [1.82, 2.24) is 0 Å². The van der Waals surface area contributed by atoms with Crippen molar-refractivity contribution in [2.75, 3.05) is 5.75 Å². The molecule has 3 nitrogen and oxygen atoms in total. The molecule has 0 fully saturated rings. The number of thioether (sulfide) groups is 1. The van der Waals surface area contributed by atoms with Gasteiger partial charge < -0.3 is 11.5 Å². The van der Waals surface area contributed by atoms with Gasteiger partial charge >= 0.3 is 0 Å². The number of primary amides is 1. The Labute approximate surface area is 128 Å². The van der Waals surface area contributed by atoms with E-state index < -0.39 is 11.4 Å². The van der Waals surface area contributed by atoms with Gasteiger partial charge in [-0.05, 0) is 43.7 Å². The van der Waals surface area contributed by atoms with Gasteiger partial charge in [-0.2, -0.15) is 0 Å². The van der Waals surface area contributed by atoms with Gasteiger partial charge in [0.2, 0.25) is 5.91 Å². The summed E-state index contributed by atoms with van der Waals surface area (Å²) in [5, 5.41) is 1.38. The number of amides is 1. The Morgan fingerprint density at radius 1 is 1.37 bits per heavy atom. The van der Waals surface area contributed by atoms with Crippen LogP contribution in [0, 0.1) is 0 Å². The van der Waals surface area contributed by atoms with Gasteiger partial charge in [-0.1, -0.05) is 29.6 Å². The quantitative estimate of drug-likeness (QED) is 0.597. The zero-order valence-corrected chi connectivity index (χ0v) is 13.1. The zero-order chi connectivity index (χ0) is 14.5. The van der Waals surface area contributed by atoms with Gasteiger partial charge in [-0.3, -0.25) is 4.79 Å². The largest absolute Gasteiger partial charge is 0.368 e. The van der Waals surface area contributed by atoms with Crippen LogP contribution in [-0.4, -0.2) is 17.2 Å². The van der Waals surface area contributed by atoms with Crippen LogP contribution in [0.2, 0.25) is 10.0 Å². The second kappa shape index (κ2) is 7.39. The van der Waals surface area contributed by atoms with Gasteiger partial charge in [0.15, 0.2) is 0 Å². The first-order valence-corrected chi connectivity index (χ1v) is 7.74. The van der Waals surface area contributed by atoms with Gasteiger partial charge in [-0.25, -0.2) is 0 Å². The Kier molecular flexibility index (Phi) is 6.47. The summed E-state index contributed by atoms with van der Waals surface area (Å²) in [7, 11) is 0.